The number of benzene rings is 1. The Morgan fingerprint density at radius 2 is 1.94 bits per heavy atom. The lowest BCUT2D eigenvalue weighted by atomic mass is 9.85. The van der Waals surface area contributed by atoms with Crippen LogP contribution < -0.4 is 10.1 Å². The van der Waals surface area contributed by atoms with E-state index in [-0.39, 0.29) is 17.9 Å². The van der Waals surface area contributed by atoms with Gasteiger partial charge in [-0.3, -0.25) is 9.78 Å². The number of carbonyl (C=O) groups excluding carboxylic acids is 1. The van der Waals surface area contributed by atoms with E-state index in [0.717, 1.165) is 61.3 Å². The molecule has 1 fully saturated rings. The quantitative estimate of drug-likeness (QED) is 0.528. The topological polar surface area (TPSA) is 100 Å². The Morgan fingerprint density at radius 1 is 1.14 bits per heavy atom. The van der Waals surface area contributed by atoms with Crippen molar-refractivity contribution in [3.63, 3.8) is 0 Å². The Kier molecular flexibility index (Phi) is 6.87. The number of ether oxygens (including phenoxy) is 1. The van der Waals surface area contributed by atoms with Crippen molar-refractivity contribution in [2.24, 2.45) is 0 Å². The zero-order valence-corrected chi connectivity index (χ0v) is 21.0. The van der Waals surface area contributed by atoms with Gasteiger partial charge in [0.1, 0.15) is 5.75 Å². The number of hydrogen-bond acceptors (Lipinski definition) is 7. The predicted molar refractivity (Wildman–Crippen MR) is 139 cm³/mol. The molecular weight excluding hydrogens is 454 g/mol. The Hall–Kier alpha value is -3.52. The first kappa shape index (κ1) is 24.2. The molecule has 3 aromatic rings. The van der Waals surface area contributed by atoms with Crippen molar-refractivity contribution >= 4 is 17.5 Å². The Bertz CT molecular complexity index is 1260. The lowest BCUT2D eigenvalue weighted by Crippen LogP contribution is -2.31. The number of anilines is 2. The van der Waals surface area contributed by atoms with Gasteiger partial charge in [-0.25, -0.2) is 9.97 Å². The van der Waals surface area contributed by atoms with Gasteiger partial charge in [-0.05, 0) is 61.6 Å². The number of aryl methyl sites for hydroxylation is 1. The van der Waals surface area contributed by atoms with Crippen molar-refractivity contribution in [3.05, 3.63) is 59.5 Å². The highest BCUT2D eigenvalue weighted by atomic mass is 16.5. The normalized spacial score (nSPS) is 19.5. The number of likely N-dealkylation sites (tertiary alicyclic amines) is 1. The van der Waals surface area contributed by atoms with Crippen LogP contribution in [-0.4, -0.2) is 57.7 Å². The van der Waals surface area contributed by atoms with Gasteiger partial charge < -0.3 is 20.1 Å². The zero-order valence-electron chi connectivity index (χ0n) is 21.0. The smallest absolute Gasteiger partial charge is 0.253 e. The number of rotatable bonds is 6. The number of hydrogen-bond donors (Lipinski definition) is 2. The van der Waals surface area contributed by atoms with Crippen LogP contribution in [0.2, 0.25) is 0 Å². The first-order valence-electron chi connectivity index (χ1n) is 12.7. The monoisotopic (exact) mass is 487 g/mol. The minimum Gasteiger partial charge on any atom is -0.495 e. The van der Waals surface area contributed by atoms with Crippen LogP contribution >= 0.6 is 0 Å². The summed E-state index contributed by atoms with van der Waals surface area (Å²) in [5, 5.41) is 13.2. The summed E-state index contributed by atoms with van der Waals surface area (Å²) in [6, 6.07) is 9.37. The molecular formula is C28H33N5O3. The maximum absolute atomic E-state index is 13.0. The Balaban J connectivity index is 1.37. The summed E-state index contributed by atoms with van der Waals surface area (Å²) in [5.74, 6) is 1.02. The van der Waals surface area contributed by atoms with Crippen LogP contribution in [0.15, 0.2) is 42.7 Å². The number of nitrogens with zero attached hydrogens (tertiary/aromatic N) is 4. The van der Waals surface area contributed by atoms with Gasteiger partial charge in [-0.15, -0.1) is 0 Å². The van der Waals surface area contributed by atoms with Crippen LogP contribution in [0.5, 0.6) is 5.75 Å². The lowest BCUT2D eigenvalue weighted by Gasteiger charge is -2.22. The van der Waals surface area contributed by atoms with Gasteiger partial charge in [0.2, 0.25) is 5.95 Å². The molecule has 1 saturated heterocycles. The average Bonchev–Trinajstić information content (AvgIpc) is 3.07. The van der Waals surface area contributed by atoms with Crippen molar-refractivity contribution in [2.75, 3.05) is 32.1 Å². The van der Waals surface area contributed by atoms with Crippen molar-refractivity contribution < 1.29 is 14.6 Å². The summed E-state index contributed by atoms with van der Waals surface area (Å²) in [6.07, 6.45) is 9.75. The van der Waals surface area contributed by atoms with Gasteiger partial charge in [0, 0.05) is 47.7 Å². The number of pyridine rings is 1. The number of aliphatic hydroxyl groups is 1. The van der Waals surface area contributed by atoms with Gasteiger partial charge in [0.15, 0.2) is 0 Å². The van der Waals surface area contributed by atoms with E-state index < -0.39 is 0 Å². The second kappa shape index (κ2) is 10.2. The van der Waals surface area contributed by atoms with E-state index >= 15 is 0 Å². The number of nitrogens with one attached hydrogen (secondary N) is 1. The van der Waals surface area contributed by atoms with Crippen molar-refractivity contribution in [1.29, 1.82) is 0 Å². The van der Waals surface area contributed by atoms with Gasteiger partial charge >= 0.3 is 0 Å². The van der Waals surface area contributed by atoms with Crippen LogP contribution in [0.3, 0.4) is 0 Å². The fourth-order valence-corrected chi connectivity index (χ4v) is 5.13. The summed E-state index contributed by atoms with van der Waals surface area (Å²) < 4.78 is 5.60. The minimum absolute atomic E-state index is 0.0407. The Labute approximate surface area is 211 Å². The van der Waals surface area contributed by atoms with E-state index in [9.17, 15) is 9.90 Å². The van der Waals surface area contributed by atoms with Crippen molar-refractivity contribution in [2.45, 2.75) is 50.9 Å². The molecule has 1 aromatic carbocycles. The summed E-state index contributed by atoms with van der Waals surface area (Å²) >= 11 is 0. The highest BCUT2D eigenvalue weighted by Crippen LogP contribution is 2.39. The van der Waals surface area contributed by atoms with Crippen molar-refractivity contribution in [3.8, 4) is 17.0 Å². The second-order valence-electron chi connectivity index (χ2n) is 9.95. The van der Waals surface area contributed by atoms with E-state index in [0.29, 0.717) is 22.9 Å². The molecule has 0 spiro atoms. The van der Waals surface area contributed by atoms with Gasteiger partial charge in [0.05, 0.1) is 25.1 Å². The van der Waals surface area contributed by atoms with Crippen LogP contribution in [0, 0.1) is 0 Å². The summed E-state index contributed by atoms with van der Waals surface area (Å²) in [7, 11) is 1.59. The third-order valence-electron chi connectivity index (χ3n) is 7.42. The molecule has 1 aliphatic heterocycles. The molecule has 1 amide bonds. The maximum Gasteiger partial charge on any atom is 0.253 e. The maximum atomic E-state index is 13.0. The lowest BCUT2D eigenvalue weighted by molar-refractivity contribution is 0.0761. The molecule has 5 rings (SSSR count). The van der Waals surface area contributed by atoms with Crippen LogP contribution in [0.4, 0.5) is 11.6 Å². The van der Waals surface area contributed by atoms with E-state index in [2.05, 4.69) is 28.3 Å². The third-order valence-corrected chi connectivity index (χ3v) is 7.42. The predicted octanol–water partition coefficient (Wildman–Crippen LogP) is 4.50. The number of carbonyl (C=O) groups is 1. The van der Waals surface area contributed by atoms with Gasteiger partial charge in [0.25, 0.3) is 5.91 Å². The van der Waals surface area contributed by atoms with Crippen molar-refractivity contribution in [1.82, 2.24) is 19.9 Å². The number of aliphatic hydroxyl groups excluding tert-OH is 1. The SMILES string of the molecule is COc1cc(C(=O)N2CCCCCC2)ccc1Nc1nccc(-c2cnc3c(c2)C(C)(CO)CC3)n1. The molecule has 8 heteroatoms. The molecule has 36 heavy (non-hydrogen) atoms. The molecule has 8 nitrogen and oxygen atoms in total. The van der Waals surface area contributed by atoms with Gasteiger partial charge in [-0.1, -0.05) is 19.8 Å². The molecule has 1 unspecified atom stereocenters. The molecule has 1 aliphatic carbocycles. The fraction of sp³-hybridized carbons (Fsp3) is 0.429. The van der Waals surface area contributed by atoms with E-state index in [4.69, 9.17) is 9.72 Å². The second-order valence-corrected chi connectivity index (χ2v) is 9.95. The Morgan fingerprint density at radius 3 is 2.69 bits per heavy atom. The molecule has 2 N–H and O–H groups in total. The first-order chi connectivity index (χ1) is 17.5. The van der Waals surface area contributed by atoms with Crippen LogP contribution in [0.1, 0.15) is 60.6 Å². The summed E-state index contributed by atoms with van der Waals surface area (Å²) in [5.41, 5.74) is 4.77. The largest absolute Gasteiger partial charge is 0.495 e. The fourth-order valence-electron chi connectivity index (χ4n) is 5.13. The number of fused-ring (bicyclic) bond motifs is 1. The highest BCUT2D eigenvalue weighted by molar-refractivity contribution is 5.95. The number of aromatic nitrogens is 3. The van der Waals surface area contributed by atoms with Gasteiger partial charge in [-0.2, -0.15) is 0 Å². The molecule has 188 valence electrons. The molecule has 2 aromatic heterocycles. The molecule has 3 heterocycles. The first-order valence-corrected chi connectivity index (χ1v) is 12.7. The molecule has 0 bridgehead atoms. The number of amides is 1. The third kappa shape index (κ3) is 4.78. The molecule has 0 radical (unpaired) electrons. The average molecular weight is 488 g/mol. The zero-order chi connectivity index (χ0) is 25.1. The molecule has 0 saturated carbocycles. The van der Waals surface area contributed by atoms with Crippen LogP contribution in [0.25, 0.3) is 11.3 Å². The van der Waals surface area contributed by atoms with E-state index in [1.807, 2.05) is 29.3 Å². The summed E-state index contributed by atoms with van der Waals surface area (Å²) in [4.78, 5) is 28.7. The standard InChI is InChI=1S/C28H33N5O3/c1-28(18-34)11-9-23-21(28)15-20(17-30-23)22-10-12-29-27(31-22)32-24-8-7-19(16-25(24)36-2)26(35)33-13-5-3-4-6-14-33/h7-8,10,12,15-17,34H,3-6,9,11,13-14,18H2,1-2H3,(H,29,31,32). The highest BCUT2D eigenvalue weighted by Gasteiger charge is 2.35. The summed E-state index contributed by atoms with van der Waals surface area (Å²) in [6.45, 7) is 3.77. The molecule has 1 atom stereocenters. The van der Waals surface area contributed by atoms with Crippen LogP contribution in [-0.2, 0) is 11.8 Å². The van der Waals surface area contributed by atoms with E-state index in [1.54, 1.807) is 19.4 Å². The number of methoxy groups -OCH3 is 1. The minimum atomic E-state index is -0.272. The molecule has 2 aliphatic rings. The van der Waals surface area contributed by atoms with E-state index in [1.165, 1.54) is 12.8 Å².